The Bertz CT molecular complexity index is 720. The van der Waals surface area contributed by atoms with E-state index in [0.29, 0.717) is 0 Å². The van der Waals surface area contributed by atoms with Crippen molar-refractivity contribution in [1.29, 1.82) is 0 Å². The van der Waals surface area contributed by atoms with Gasteiger partial charge in [0.2, 0.25) is 0 Å². The number of halogens is 4. The third-order valence-electron chi connectivity index (χ3n) is 5.50. The van der Waals surface area contributed by atoms with Crippen molar-refractivity contribution in [3.05, 3.63) is 23.2 Å². The van der Waals surface area contributed by atoms with Gasteiger partial charge in [-0.3, -0.25) is 5.32 Å². The van der Waals surface area contributed by atoms with Crippen LogP contribution < -0.4 is 20.1 Å². The summed E-state index contributed by atoms with van der Waals surface area (Å²) in [7, 11) is 0. The molecule has 1 aromatic carbocycles. The van der Waals surface area contributed by atoms with Gasteiger partial charge < -0.3 is 14.8 Å². The molecule has 168 valence electrons. The zero-order valence-electron chi connectivity index (χ0n) is 16.8. The van der Waals surface area contributed by atoms with Crippen LogP contribution in [0.15, 0.2) is 18.2 Å². The van der Waals surface area contributed by atoms with E-state index in [1.807, 2.05) is 5.32 Å². The lowest BCUT2D eigenvalue weighted by molar-refractivity contribution is -0.317. The highest BCUT2D eigenvalue weighted by Gasteiger charge is 2.65. The molecule has 2 amide bonds. The van der Waals surface area contributed by atoms with Gasteiger partial charge in [-0.25, -0.2) is 4.79 Å². The molecule has 1 heterocycles. The number of alkyl halides is 3. The highest BCUT2D eigenvalue weighted by molar-refractivity contribution is 6.30. The van der Waals surface area contributed by atoms with Crippen LogP contribution in [0.5, 0.6) is 11.5 Å². The molecule has 0 saturated heterocycles. The van der Waals surface area contributed by atoms with Gasteiger partial charge in [-0.15, -0.1) is 0 Å². The van der Waals surface area contributed by atoms with E-state index in [1.54, 1.807) is 0 Å². The van der Waals surface area contributed by atoms with Gasteiger partial charge in [-0.1, -0.05) is 69.4 Å². The van der Waals surface area contributed by atoms with Crippen LogP contribution in [0.1, 0.15) is 70.6 Å². The second-order valence-electron chi connectivity index (χ2n) is 7.96. The molecule has 0 bridgehead atoms. The fourth-order valence-electron chi connectivity index (χ4n) is 3.89. The summed E-state index contributed by atoms with van der Waals surface area (Å²) in [5.74, 6) is -3.59. The van der Waals surface area contributed by atoms with Crippen molar-refractivity contribution in [2.24, 2.45) is 0 Å². The maximum atomic E-state index is 13.8. The standard InChI is InChI=1S/C21H28ClF3N2O3/c22-15-12-13-17-18(14-15)30-21(29-17,20(23,24)25)27-19(28)26-16-10-8-6-4-2-1-3-5-7-9-11-16/h12-14,16H,1-11H2,(H2,26,27,28)/t21-/m1/s1. The Morgan fingerprint density at radius 2 is 1.47 bits per heavy atom. The van der Waals surface area contributed by atoms with Crippen LogP contribution in [0, 0.1) is 0 Å². The summed E-state index contributed by atoms with van der Waals surface area (Å²) in [5, 5.41) is 4.77. The van der Waals surface area contributed by atoms with E-state index in [-0.39, 0.29) is 22.6 Å². The van der Waals surface area contributed by atoms with E-state index in [2.05, 4.69) is 5.32 Å². The Morgan fingerprint density at radius 3 is 2.03 bits per heavy atom. The maximum Gasteiger partial charge on any atom is 0.492 e. The van der Waals surface area contributed by atoms with Gasteiger partial charge in [0.05, 0.1) is 0 Å². The molecule has 1 fully saturated rings. The molecular formula is C21H28ClF3N2O3. The summed E-state index contributed by atoms with van der Waals surface area (Å²) in [6.45, 7) is 0. The van der Waals surface area contributed by atoms with Crippen LogP contribution in [0.25, 0.3) is 0 Å². The quantitative estimate of drug-likeness (QED) is 0.558. The minimum Gasteiger partial charge on any atom is -0.424 e. The van der Waals surface area contributed by atoms with Gasteiger partial charge in [0, 0.05) is 17.1 Å². The van der Waals surface area contributed by atoms with Crippen LogP contribution in [-0.4, -0.2) is 24.2 Å². The normalized spacial score (nSPS) is 23.9. The van der Waals surface area contributed by atoms with Crippen molar-refractivity contribution in [3.63, 3.8) is 0 Å². The number of ether oxygens (including phenoxy) is 2. The lowest BCUT2D eigenvalue weighted by Crippen LogP contribution is -2.66. The van der Waals surface area contributed by atoms with E-state index >= 15 is 0 Å². The number of nitrogens with one attached hydrogen (secondary N) is 2. The Kier molecular flexibility index (Phi) is 7.60. The topological polar surface area (TPSA) is 59.6 Å². The van der Waals surface area contributed by atoms with Crippen molar-refractivity contribution >= 4 is 17.6 Å². The van der Waals surface area contributed by atoms with Crippen LogP contribution in [0.3, 0.4) is 0 Å². The molecule has 9 heteroatoms. The van der Waals surface area contributed by atoms with Gasteiger partial charge in [-0.05, 0) is 25.0 Å². The molecule has 1 aliphatic heterocycles. The maximum absolute atomic E-state index is 13.8. The van der Waals surface area contributed by atoms with Crippen LogP contribution in [-0.2, 0) is 0 Å². The molecule has 0 spiro atoms. The third-order valence-corrected chi connectivity index (χ3v) is 5.74. The fourth-order valence-corrected chi connectivity index (χ4v) is 4.05. The lowest BCUT2D eigenvalue weighted by Gasteiger charge is -2.30. The zero-order valence-corrected chi connectivity index (χ0v) is 17.6. The summed E-state index contributed by atoms with van der Waals surface area (Å²) < 4.78 is 51.4. The Hall–Kier alpha value is -1.83. The second-order valence-corrected chi connectivity index (χ2v) is 8.40. The number of rotatable bonds is 2. The van der Waals surface area contributed by atoms with Gasteiger partial charge in [0.25, 0.3) is 0 Å². The molecule has 0 radical (unpaired) electrons. The number of fused-ring (bicyclic) bond motifs is 1. The molecule has 1 aromatic rings. The number of benzene rings is 1. The molecule has 0 aromatic heterocycles. The molecule has 0 unspecified atom stereocenters. The SMILES string of the molecule is O=C(NC1CCCCCCCCCCC1)N[C@]1(C(F)(F)F)Oc2ccc(Cl)cc2O1. The molecule has 1 aliphatic carbocycles. The molecule has 2 N–H and O–H groups in total. The van der Waals surface area contributed by atoms with E-state index in [0.717, 1.165) is 51.4 Å². The van der Waals surface area contributed by atoms with E-state index < -0.39 is 18.1 Å². The number of amides is 2. The Balaban J connectivity index is 1.64. The first-order chi connectivity index (χ1) is 14.3. The molecule has 30 heavy (non-hydrogen) atoms. The third kappa shape index (κ3) is 5.86. The summed E-state index contributed by atoms with van der Waals surface area (Å²) in [5.41, 5.74) is 0. The monoisotopic (exact) mass is 448 g/mol. The first kappa shape index (κ1) is 22.8. The number of hydrogen-bond acceptors (Lipinski definition) is 3. The largest absolute Gasteiger partial charge is 0.492 e. The minimum absolute atomic E-state index is 0.136. The predicted molar refractivity (Wildman–Crippen MR) is 108 cm³/mol. The smallest absolute Gasteiger partial charge is 0.424 e. The summed E-state index contributed by atoms with van der Waals surface area (Å²) in [6, 6.07) is 2.73. The Labute approximate surface area is 179 Å². The first-order valence-corrected chi connectivity index (χ1v) is 11.0. The van der Waals surface area contributed by atoms with Gasteiger partial charge in [-0.2, -0.15) is 13.2 Å². The van der Waals surface area contributed by atoms with Gasteiger partial charge in [0.1, 0.15) is 0 Å². The summed E-state index contributed by atoms with van der Waals surface area (Å²) in [6.07, 6.45) is 6.48. The lowest BCUT2D eigenvalue weighted by atomic mass is 9.98. The fraction of sp³-hybridized carbons (Fsp3) is 0.667. The Morgan fingerprint density at radius 1 is 0.933 bits per heavy atom. The first-order valence-electron chi connectivity index (χ1n) is 10.6. The molecule has 1 saturated carbocycles. The second kappa shape index (κ2) is 9.98. The number of carbonyl (C=O) groups is 1. The summed E-state index contributed by atoms with van der Waals surface area (Å²) >= 11 is 5.82. The highest BCUT2D eigenvalue weighted by atomic mass is 35.5. The zero-order chi connectivity index (χ0) is 21.6. The van der Waals surface area contributed by atoms with Gasteiger partial charge in [0.15, 0.2) is 11.5 Å². The summed E-state index contributed by atoms with van der Waals surface area (Å²) in [4.78, 5) is 12.5. The molecular weight excluding hydrogens is 421 g/mol. The predicted octanol–water partition coefficient (Wildman–Crippen LogP) is 6.30. The van der Waals surface area contributed by atoms with Crippen molar-refractivity contribution in [2.45, 2.75) is 88.8 Å². The average molecular weight is 449 g/mol. The van der Waals surface area contributed by atoms with Crippen LogP contribution >= 0.6 is 11.6 Å². The van der Waals surface area contributed by atoms with Crippen LogP contribution in [0.2, 0.25) is 5.02 Å². The van der Waals surface area contributed by atoms with Crippen LogP contribution in [0.4, 0.5) is 18.0 Å². The van der Waals surface area contributed by atoms with Crippen molar-refractivity contribution in [2.75, 3.05) is 0 Å². The number of urea groups is 1. The van der Waals surface area contributed by atoms with Crippen molar-refractivity contribution in [1.82, 2.24) is 10.6 Å². The molecule has 3 rings (SSSR count). The van der Waals surface area contributed by atoms with Crippen molar-refractivity contribution < 1.29 is 27.4 Å². The molecule has 5 nitrogen and oxygen atoms in total. The number of hydrogen-bond donors (Lipinski definition) is 2. The number of carbonyl (C=O) groups excluding carboxylic acids is 1. The molecule has 2 aliphatic rings. The van der Waals surface area contributed by atoms with E-state index in [9.17, 15) is 18.0 Å². The minimum atomic E-state index is -5.00. The van der Waals surface area contributed by atoms with Gasteiger partial charge >= 0.3 is 18.1 Å². The molecule has 1 atom stereocenters. The van der Waals surface area contributed by atoms with E-state index in [4.69, 9.17) is 21.1 Å². The van der Waals surface area contributed by atoms with E-state index in [1.165, 1.54) is 37.5 Å². The van der Waals surface area contributed by atoms with Crippen molar-refractivity contribution in [3.8, 4) is 11.5 Å². The highest BCUT2D eigenvalue weighted by Crippen LogP contribution is 2.46. The average Bonchev–Trinajstić information content (AvgIpc) is 3.02.